The second kappa shape index (κ2) is 6.94. The molecule has 1 heterocycles. The number of hydrogen-bond acceptors (Lipinski definition) is 2. The lowest BCUT2D eigenvalue weighted by Gasteiger charge is -2.43. The molecular weight excluding hydrogens is 324 g/mol. The van der Waals surface area contributed by atoms with Crippen molar-refractivity contribution in [3.8, 4) is 0 Å². The van der Waals surface area contributed by atoms with E-state index in [4.69, 9.17) is 0 Å². The first-order chi connectivity index (χ1) is 12.7. The summed E-state index contributed by atoms with van der Waals surface area (Å²) in [5, 5.41) is 3.26. The largest absolute Gasteiger partial charge is 0.343 e. The van der Waals surface area contributed by atoms with Gasteiger partial charge in [0.15, 0.2) is 0 Å². The van der Waals surface area contributed by atoms with Crippen LogP contribution in [0.15, 0.2) is 54.6 Å². The van der Waals surface area contributed by atoms with E-state index in [0.717, 1.165) is 37.8 Å². The van der Waals surface area contributed by atoms with Crippen LogP contribution in [0, 0.1) is 0 Å². The van der Waals surface area contributed by atoms with Gasteiger partial charge in [-0.2, -0.15) is 0 Å². The van der Waals surface area contributed by atoms with Crippen molar-refractivity contribution in [1.82, 2.24) is 10.2 Å². The van der Waals surface area contributed by atoms with Crippen molar-refractivity contribution in [2.24, 2.45) is 0 Å². The van der Waals surface area contributed by atoms with Gasteiger partial charge in [-0.1, -0.05) is 42.5 Å². The number of rotatable bonds is 5. The van der Waals surface area contributed by atoms with E-state index >= 15 is 0 Å². The maximum atomic E-state index is 12.8. The van der Waals surface area contributed by atoms with Crippen LogP contribution in [0.1, 0.15) is 53.6 Å². The van der Waals surface area contributed by atoms with Gasteiger partial charge in [0.25, 0.3) is 5.91 Å². The Hall–Kier alpha value is -2.62. The van der Waals surface area contributed by atoms with Crippen LogP contribution in [0.4, 0.5) is 0 Å². The van der Waals surface area contributed by atoms with E-state index in [1.165, 1.54) is 5.56 Å². The summed E-state index contributed by atoms with van der Waals surface area (Å²) in [5.41, 5.74) is 2.70. The molecule has 2 fully saturated rings. The van der Waals surface area contributed by atoms with Crippen molar-refractivity contribution in [3.63, 3.8) is 0 Å². The Morgan fingerprint density at radius 1 is 1.00 bits per heavy atom. The summed E-state index contributed by atoms with van der Waals surface area (Å²) in [7, 11) is 0. The van der Waals surface area contributed by atoms with Gasteiger partial charge in [0.05, 0.1) is 5.54 Å². The Labute approximate surface area is 154 Å². The number of nitrogens with zero attached hydrogens (tertiary/aromatic N) is 1. The highest BCUT2D eigenvalue weighted by molar-refractivity contribution is 5.95. The Bertz CT molecular complexity index is 795. The van der Waals surface area contributed by atoms with Gasteiger partial charge >= 0.3 is 0 Å². The van der Waals surface area contributed by atoms with Gasteiger partial charge in [0, 0.05) is 25.1 Å². The normalized spacial score (nSPS) is 18.5. The summed E-state index contributed by atoms with van der Waals surface area (Å²) in [4.78, 5) is 26.4. The minimum Gasteiger partial charge on any atom is -0.343 e. The summed E-state index contributed by atoms with van der Waals surface area (Å²) in [6.07, 6.45) is 4.71. The average molecular weight is 348 g/mol. The molecule has 0 radical (unpaired) electrons. The van der Waals surface area contributed by atoms with E-state index in [-0.39, 0.29) is 17.4 Å². The molecule has 26 heavy (non-hydrogen) atoms. The monoisotopic (exact) mass is 348 g/mol. The fraction of sp³-hybridized carbons (Fsp3) is 0.364. The van der Waals surface area contributed by atoms with Gasteiger partial charge in [-0.25, -0.2) is 0 Å². The highest BCUT2D eigenvalue weighted by Gasteiger charge is 2.40. The molecule has 1 N–H and O–H groups in total. The first-order valence-electron chi connectivity index (χ1n) is 9.41. The van der Waals surface area contributed by atoms with Gasteiger partial charge in [-0.05, 0) is 48.9 Å². The zero-order valence-electron chi connectivity index (χ0n) is 14.9. The SMILES string of the molecule is O=C(NC1(c2ccccc2)CCC1)c1ccc(CN2CCCC2=O)cc1. The summed E-state index contributed by atoms with van der Waals surface area (Å²) < 4.78 is 0. The summed E-state index contributed by atoms with van der Waals surface area (Å²) >= 11 is 0. The number of likely N-dealkylation sites (tertiary alicyclic amines) is 1. The fourth-order valence-corrected chi connectivity index (χ4v) is 3.92. The third-order valence-corrected chi connectivity index (χ3v) is 5.65. The average Bonchev–Trinajstić information content (AvgIpc) is 3.04. The third kappa shape index (κ3) is 3.24. The first kappa shape index (κ1) is 16.8. The van der Waals surface area contributed by atoms with Gasteiger partial charge in [-0.15, -0.1) is 0 Å². The molecule has 4 rings (SSSR count). The van der Waals surface area contributed by atoms with Crippen LogP contribution in [-0.2, 0) is 16.9 Å². The topological polar surface area (TPSA) is 49.4 Å². The summed E-state index contributed by atoms with van der Waals surface area (Å²) in [6, 6.07) is 17.9. The maximum Gasteiger partial charge on any atom is 0.251 e. The molecule has 4 nitrogen and oxygen atoms in total. The minimum atomic E-state index is -0.223. The Balaban J connectivity index is 1.44. The molecule has 0 unspecified atom stereocenters. The van der Waals surface area contributed by atoms with Crippen molar-refractivity contribution in [1.29, 1.82) is 0 Å². The van der Waals surface area contributed by atoms with Crippen molar-refractivity contribution < 1.29 is 9.59 Å². The molecule has 1 saturated carbocycles. The maximum absolute atomic E-state index is 12.8. The molecule has 1 aliphatic heterocycles. The van der Waals surface area contributed by atoms with Crippen LogP contribution in [0.25, 0.3) is 0 Å². The van der Waals surface area contributed by atoms with E-state index in [2.05, 4.69) is 17.4 Å². The van der Waals surface area contributed by atoms with Crippen LogP contribution < -0.4 is 5.32 Å². The quantitative estimate of drug-likeness (QED) is 0.897. The molecule has 1 saturated heterocycles. The molecule has 2 amide bonds. The highest BCUT2D eigenvalue weighted by atomic mass is 16.2. The highest BCUT2D eigenvalue weighted by Crippen LogP contribution is 2.41. The van der Waals surface area contributed by atoms with E-state index in [1.807, 2.05) is 47.4 Å². The molecule has 2 aromatic rings. The number of carbonyl (C=O) groups is 2. The van der Waals surface area contributed by atoms with Crippen LogP contribution in [-0.4, -0.2) is 23.3 Å². The van der Waals surface area contributed by atoms with Crippen LogP contribution in [0.5, 0.6) is 0 Å². The Morgan fingerprint density at radius 2 is 1.73 bits per heavy atom. The lowest BCUT2D eigenvalue weighted by Crippen LogP contribution is -2.50. The molecule has 2 aromatic carbocycles. The van der Waals surface area contributed by atoms with Crippen molar-refractivity contribution >= 4 is 11.8 Å². The summed E-state index contributed by atoms with van der Waals surface area (Å²) in [6.45, 7) is 1.47. The number of benzene rings is 2. The predicted molar refractivity (Wildman–Crippen MR) is 101 cm³/mol. The molecule has 1 aliphatic carbocycles. The molecule has 2 aliphatic rings. The molecular formula is C22H24N2O2. The number of carbonyl (C=O) groups excluding carboxylic acids is 2. The van der Waals surface area contributed by atoms with E-state index in [0.29, 0.717) is 18.5 Å². The van der Waals surface area contributed by atoms with Gasteiger partial charge in [0.2, 0.25) is 5.91 Å². The lowest BCUT2D eigenvalue weighted by atomic mass is 9.71. The van der Waals surface area contributed by atoms with Crippen molar-refractivity contribution in [2.75, 3.05) is 6.54 Å². The van der Waals surface area contributed by atoms with Crippen molar-refractivity contribution in [2.45, 2.75) is 44.2 Å². The van der Waals surface area contributed by atoms with Crippen LogP contribution >= 0.6 is 0 Å². The Morgan fingerprint density at radius 3 is 2.31 bits per heavy atom. The number of amides is 2. The van der Waals surface area contributed by atoms with E-state index in [9.17, 15) is 9.59 Å². The van der Waals surface area contributed by atoms with E-state index in [1.54, 1.807) is 0 Å². The van der Waals surface area contributed by atoms with Crippen LogP contribution in [0.2, 0.25) is 0 Å². The Kier molecular flexibility index (Phi) is 4.49. The number of nitrogens with one attached hydrogen (secondary N) is 1. The van der Waals surface area contributed by atoms with Gasteiger partial charge < -0.3 is 10.2 Å². The minimum absolute atomic E-state index is 0.0302. The first-order valence-corrected chi connectivity index (χ1v) is 9.41. The zero-order chi connectivity index (χ0) is 18.0. The fourth-order valence-electron chi connectivity index (χ4n) is 3.92. The lowest BCUT2D eigenvalue weighted by molar-refractivity contribution is -0.128. The van der Waals surface area contributed by atoms with Gasteiger partial charge in [0.1, 0.15) is 0 Å². The second-order valence-corrected chi connectivity index (χ2v) is 7.37. The smallest absolute Gasteiger partial charge is 0.251 e. The molecule has 0 aromatic heterocycles. The van der Waals surface area contributed by atoms with E-state index < -0.39 is 0 Å². The number of hydrogen-bond donors (Lipinski definition) is 1. The van der Waals surface area contributed by atoms with Crippen LogP contribution in [0.3, 0.4) is 0 Å². The molecule has 0 spiro atoms. The molecule has 134 valence electrons. The molecule has 0 atom stereocenters. The predicted octanol–water partition coefficient (Wildman–Crippen LogP) is 3.62. The van der Waals surface area contributed by atoms with Crippen molar-refractivity contribution in [3.05, 3.63) is 71.3 Å². The zero-order valence-corrected chi connectivity index (χ0v) is 14.9. The second-order valence-electron chi connectivity index (χ2n) is 7.37. The van der Waals surface area contributed by atoms with Gasteiger partial charge in [-0.3, -0.25) is 9.59 Å². The standard InChI is InChI=1S/C22H24N2O2/c25-20-8-4-15-24(20)16-17-9-11-18(12-10-17)21(26)23-22(13-5-14-22)19-6-2-1-3-7-19/h1-3,6-7,9-12H,4-5,8,13-16H2,(H,23,26). The third-order valence-electron chi connectivity index (χ3n) is 5.65. The summed E-state index contributed by atoms with van der Waals surface area (Å²) in [5.74, 6) is 0.193. The molecule has 0 bridgehead atoms. The molecule has 4 heteroatoms.